The fraction of sp³-hybridized carbons (Fsp3) is 0.579. The van der Waals surface area contributed by atoms with Crippen molar-refractivity contribution in [3.8, 4) is 5.75 Å². The van der Waals surface area contributed by atoms with Crippen molar-refractivity contribution in [1.29, 1.82) is 0 Å². The molecule has 0 aliphatic carbocycles. The number of methoxy groups -OCH3 is 1. The van der Waals surface area contributed by atoms with E-state index < -0.39 is 0 Å². The summed E-state index contributed by atoms with van der Waals surface area (Å²) in [4.78, 5) is 18.5. The summed E-state index contributed by atoms with van der Waals surface area (Å²) >= 11 is 0. The Morgan fingerprint density at radius 3 is 2.52 bits per heavy atom. The molecule has 1 heterocycles. The average Bonchev–Trinajstić information content (AvgIpc) is 2.66. The molecule has 0 aromatic heterocycles. The van der Waals surface area contributed by atoms with Gasteiger partial charge in [0.1, 0.15) is 17.7 Å². The van der Waals surface area contributed by atoms with Gasteiger partial charge in [0.2, 0.25) is 0 Å². The summed E-state index contributed by atoms with van der Waals surface area (Å²) in [6.45, 7) is 6.73. The number of nitrogens with one attached hydrogen (secondary N) is 1. The minimum atomic E-state index is -0.284. The van der Waals surface area contributed by atoms with E-state index in [2.05, 4.69) is 15.2 Å². The minimum Gasteiger partial charge on any atom is -0.489 e. The monoisotopic (exact) mass is 493 g/mol. The summed E-state index contributed by atoms with van der Waals surface area (Å²) in [7, 11) is 1.43. The number of likely N-dealkylation sites (tertiary alicyclic amines) is 1. The number of aliphatic imine (C=N–C) groups is 1. The van der Waals surface area contributed by atoms with Crippen LogP contribution >= 0.6 is 24.0 Å². The second-order valence-electron chi connectivity index (χ2n) is 6.36. The van der Waals surface area contributed by atoms with E-state index in [1.807, 2.05) is 13.8 Å². The van der Waals surface area contributed by atoms with Gasteiger partial charge in [0.15, 0.2) is 5.96 Å². The molecule has 1 atom stereocenters. The highest BCUT2D eigenvalue weighted by Gasteiger charge is 2.27. The van der Waals surface area contributed by atoms with Crippen LogP contribution in [0, 0.1) is 11.7 Å². The van der Waals surface area contributed by atoms with Crippen LogP contribution in [0.2, 0.25) is 0 Å². The Morgan fingerprint density at radius 1 is 1.33 bits per heavy atom. The van der Waals surface area contributed by atoms with E-state index in [-0.39, 0.29) is 47.8 Å². The number of carbonyl (C=O) groups excluding carboxylic acids is 1. The Morgan fingerprint density at radius 2 is 1.96 bits per heavy atom. The molecule has 1 aliphatic heterocycles. The van der Waals surface area contributed by atoms with Gasteiger partial charge in [0, 0.05) is 19.6 Å². The molecule has 1 fully saturated rings. The van der Waals surface area contributed by atoms with Crippen molar-refractivity contribution in [3.63, 3.8) is 0 Å². The Labute approximate surface area is 177 Å². The fourth-order valence-corrected chi connectivity index (χ4v) is 2.92. The summed E-state index contributed by atoms with van der Waals surface area (Å²) in [5.41, 5.74) is 0. The Bertz CT molecular complexity index is 605. The van der Waals surface area contributed by atoms with Crippen LogP contribution in [0.3, 0.4) is 0 Å². The molecule has 1 aromatic carbocycles. The van der Waals surface area contributed by atoms with Crippen LogP contribution in [0.4, 0.5) is 4.39 Å². The maximum Gasteiger partial charge on any atom is 0.308 e. The summed E-state index contributed by atoms with van der Waals surface area (Å²) in [6.07, 6.45) is 1.39. The van der Waals surface area contributed by atoms with Gasteiger partial charge in [0.05, 0.1) is 19.6 Å². The Balaban J connectivity index is 0.00000364. The normalized spacial score (nSPS) is 16.3. The number of guanidine groups is 1. The second-order valence-corrected chi connectivity index (χ2v) is 6.36. The summed E-state index contributed by atoms with van der Waals surface area (Å²) < 4.78 is 23.5. The number of ether oxygens (including phenoxy) is 2. The van der Waals surface area contributed by atoms with Crippen LogP contribution in [-0.4, -0.2) is 56.2 Å². The zero-order chi connectivity index (χ0) is 18.9. The molecule has 1 aliphatic rings. The van der Waals surface area contributed by atoms with E-state index in [9.17, 15) is 9.18 Å². The molecule has 6 nitrogen and oxygen atoms in total. The number of carbonyl (C=O) groups is 1. The zero-order valence-electron chi connectivity index (χ0n) is 16.1. The SMILES string of the molecule is CCNC(=NCC(C)Oc1ccc(F)cc1)N1CCC(C(=O)OC)CC1.I. The highest BCUT2D eigenvalue weighted by molar-refractivity contribution is 14.0. The van der Waals surface area contributed by atoms with E-state index in [4.69, 9.17) is 9.47 Å². The highest BCUT2D eigenvalue weighted by Crippen LogP contribution is 2.18. The van der Waals surface area contributed by atoms with Crippen LogP contribution in [0.15, 0.2) is 29.3 Å². The fourth-order valence-electron chi connectivity index (χ4n) is 2.92. The lowest BCUT2D eigenvalue weighted by Crippen LogP contribution is -2.47. The third-order valence-electron chi connectivity index (χ3n) is 4.31. The van der Waals surface area contributed by atoms with E-state index in [0.29, 0.717) is 12.3 Å². The van der Waals surface area contributed by atoms with Gasteiger partial charge in [-0.15, -0.1) is 24.0 Å². The number of rotatable bonds is 6. The number of piperidine rings is 1. The summed E-state index contributed by atoms with van der Waals surface area (Å²) in [6, 6.07) is 5.97. The van der Waals surface area contributed by atoms with Crippen molar-refractivity contribution in [2.75, 3.05) is 33.3 Å². The third-order valence-corrected chi connectivity index (χ3v) is 4.31. The van der Waals surface area contributed by atoms with Crippen LogP contribution in [0.5, 0.6) is 5.75 Å². The number of hydrogen-bond donors (Lipinski definition) is 1. The minimum absolute atomic E-state index is 0. The quantitative estimate of drug-likeness (QED) is 0.286. The van der Waals surface area contributed by atoms with Crippen LogP contribution in [0.1, 0.15) is 26.7 Å². The molecule has 0 saturated carbocycles. The van der Waals surface area contributed by atoms with E-state index in [0.717, 1.165) is 38.4 Å². The smallest absolute Gasteiger partial charge is 0.308 e. The van der Waals surface area contributed by atoms with Gasteiger partial charge in [-0.3, -0.25) is 4.79 Å². The first kappa shape index (κ1) is 23.5. The van der Waals surface area contributed by atoms with Gasteiger partial charge >= 0.3 is 5.97 Å². The van der Waals surface area contributed by atoms with Gasteiger partial charge in [0.25, 0.3) is 0 Å². The van der Waals surface area contributed by atoms with Crippen molar-refractivity contribution < 1.29 is 18.7 Å². The largest absolute Gasteiger partial charge is 0.489 e. The summed E-state index contributed by atoms with van der Waals surface area (Å²) in [5, 5.41) is 3.29. The maximum absolute atomic E-state index is 12.9. The molecule has 0 radical (unpaired) electrons. The predicted molar refractivity (Wildman–Crippen MR) is 114 cm³/mol. The number of esters is 1. The van der Waals surface area contributed by atoms with Crippen LogP contribution in [-0.2, 0) is 9.53 Å². The van der Waals surface area contributed by atoms with E-state index in [1.54, 1.807) is 12.1 Å². The second kappa shape index (κ2) is 12.0. The van der Waals surface area contributed by atoms with Crippen molar-refractivity contribution in [2.24, 2.45) is 10.9 Å². The van der Waals surface area contributed by atoms with Gasteiger partial charge in [-0.2, -0.15) is 0 Å². The van der Waals surface area contributed by atoms with Crippen molar-refractivity contribution >= 4 is 35.9 Å². The molecule has 152 valence electrons. The lowest BCUT2D eigenvalue weighted by Gasteiger charge is -2.33. The van der Waals surface area contributed by atoms with E-state index >= 15 is 0 Å². The molecule has 0 spiro atoms. The Hall–Kier alpha value is -1.58. The van der Waals surface area contributed by atoms with Crippen molar-refractivity contribution in [1.82, 2.24) is 10.2 Å². The van der Waals surface area contributed by atoms with Gasteiger partial charge < -0.3 is 19.7 Å². The molecule has 8 heteroatoms. The zero-order valence-corrected chi connectivity index (χ0v) is 18.4. The first-order valence-electron chi connectivity index (χ1n) is 9.06. The average molecular weight is 493 g/mol. The third kappa shape index (κ3) is 7.51. The van der Waals surface area contributed by atoms with Crippen LogP contribution < -0.4 is 10.1 Å². The highest BCUT2D eigenvalue weighted by atomic mass is 127. The molecule has 2 rings (SSSR count). The van der Waals surface area contributed by atoms with Crippen LogP contribution in [0.25, 0.3) is 0 Å². The molecule has 27 heavy (non-hydrogen) atoms. The van der Waals surface area contributed by atoms with Gasteiger partial charge in [-0.1, -0.05) is 0 Å². The molecule has 0 bridgehead atoms. The molecule has 1 N–H and O–H groups in total. The topological polar surface area (TPSA) is 63.2 Å². The molecular formula is C19H29FIN3O3. The maximum atomic E-state index is 12.9. The molecular weight excluding hydrogens is 464 g/mol. The van der Waals surface area contributed by atoms with Crippen molar-refractivity contribution in [2.45, 2.75) is 32.8 Å². The standard InChI is InChI=1S/C19H28FN3O3.HI/c1-4-21-19(23-11-9-15(10-12-23)18(24)25-3)22-13-14(2)26-17-7-5-16(20)6-8-17;/h5-8,14-15H,4,9-13H2,1-3H3,(H,21,22);1H. The first-order chi connectivity index (χ1) is 12.5. The number of nitrogens with zero attached hydrogens (tertiary/aromatic N) is 2. The number of halogens is 2. The summed E-state index contributed by atoms with van der Waals surface area (Å²) in [5.74, 6) is 1.00. The van der Waals surface area contributed by atoms with Crippen molar-refractivity contribution in [3.05, 3.63) is 30.1 Å². The number of benzene rings is 1. The molecule has 1 unspecified atom stereocenters. The molecule has 0 amide bonds. The Kier molecular flexibility index (Phi) is 10.4. The lowest BCUT2D eigenvalue weighted by molar-refractivity contribution is -0.146. The van der Waals surface area contributed by atoms with Gasteiger partial charge in [-0.05, 0) is 51.0 Å². The first-order valence-corrected chi connectivity index (χ1v) is 9.06. The molecule has 1 aromatic rings. The lowest BCUT2D eigenvalue weighted by atomic mass is 9.97. The molecule has 1 saturated heterocycles. The van der Waals surface area contributed by atoms with Gasteiger partial charge in [-0.25, -0.2) is 9.38 Å². The van der Waals surface area contributed by atoms with E-state index in [1.165, 1.54) is 19.2 Å². The predicted octanol–water partition coefficient (Wildman–Crippen LogP) is 3.06. The number of hydrogen-bond acceptors (Lipinski definition) is 4.